The molecule has 7 heavy (non-hydrogen) atoms. The molecule has 0 radical (unpaired) electrons. The zero-order valence-electron chi connectivity index (χ0n) is 3.87. The van der Waals surface area contributed by atoms with Crippen molar-refractivity contribution in [3.63, 3.8) is 0 Å². The predicted molar refractivity (Wildman–Crippen MR) is 18.3 cm³/mol. The molecule has 1 saturated heterocycles. The van der Waals surface area contributed by atoms with Gasteiger partial charge in [0.05, 0.1) is 0 Å². The zero-order valence-corrected chi connectivity index (χ0v) is 8.20. The van der Waals surface area contributed by atoms with Gasteiger partial charge in [-0.05, 0) is 0 Å². The number of rotatable bonds is 0. The first kappa shape index (κ1) is 6.31. The van der Waals surface area contributed by atoms with Crippen LogP contribution in [-0.4, -0.2) is 27.0 Å². The number of nitrogens with zero attached hydrogens (tertiary/aromatic N) is 2. The Morgan fingerprint density at radius 3 is 2.29 bits per heavy atom. The second-order valence-electron chi connectivity index (χ2n) is 1.58. The van der Waals surface area contributed by atoms with Gasteiger partial charge in [-0.2, -0.15) is 0 Å². The average Bonchev–Trinajstić information content (AvgIpc) is 1.87. The second kappa shape index (κ2) is 2.66. The molecule has 4 heteroatoms. The SMILES string of the molecule is [V][N]1CC[N]([W])C1. The van der Waals surface area contributed by atoms with E-state index in [-0.39, 0.29) is 0 Å². The molecule has 0 aromatic heterocycles. The van der Waals surface area contributed by atoms with E-state index in [0.717, 1.165) is 6.67 Å². The summed E-state index contributed by atoms with van der Waals surface area (Å²) < 4.78 is 4.64. The first-order valence-electron chi connectivity index (χ1n) is 2.15. The van der Waals surface area contributed by atoms with Crippen LogP contribution in [0.25, 0.3) is 0 Å². The third-order valence-electron chi connectivity index (χ3n) is 0.928. The summed E-state index contributed by atoms with van der Waals surface area (Å²) in [6.07, 6.45) is 0. The molecule has 0 amide bonds. The molecule has 0 saturated carbocycles. The minimum absolute atomic E-state index is 1.15. The van der Waals surface area contributed by atoms with Crippen molar-refractivity contribution in [2.45, 2.75) is 0 Å². The Labute approximate surface area is 64.6 Å². The fourth-order valence-electron chi connectivity index (χ4n) is 0.550. The van der Waals surface area contributed by atoms with E-state index < -0.39 is 0 Å². The van der Waals surface area contributed by atoms with Crippen LogP contribution in [-0.2, 0) is 37.7 Å². The van der Waals surface area contributed by atoms with E-state index >= 15 is 0 Å². The van der Waals surface area contributed by atoms with Crippen molar-refractivity contribution >= 4 is 0 Å². The van der Waals surface area contributed by atoms with Gasteiger partial charge in [-0.3, -0.25) is 0 Å². The summed E-state index contributed by atoms with van der Waals surface area (Å²) in [4.78, 5) is 0. The quantitative estimate of drug-likeness (QED) is 0.595. The van der Waals surface area contributed by atoms with Crippen LogP contribution in [0.3, 0.4) is 0 Å². The maximum absolute atomic E-state index is 2.56. The first-order valence-corrected chi connectivity index (χ1v) is 4.08. The molecule has 1 aliphatic rings. The monoisotopic (exact) mass is 305 g/mol. The Hall–Kier alpha value is 1.19. The third-order valence-corrected chi connectivity index (χ3v) is 2.51. The van der Waals surface area contributed by atoms with E-state index in [1.807, 2.05) is 0 Å². The van der Waals surface area contributed by atoms with E-state index in [4.69, 9.17) is 0 Å². The molecule has 0 aliphatic carbocycles. The molecular weight excluding hydrogens is 299 g/mol. The minimum atomic E-state index is 1.15. The Balaban J connectivity index is 2.26. The summed E-state index contributed by atoms with van der Waals surface area (Å²) in [5.74, 6) is 0. The predicted octanol–water partition coefficient (Wildman–Crippen LogP) is -0.515. The molecule has 0 unspecified atom stereocenters. The van der Waals surface area contributed by atoms with Crippen LogP contribution in [0.2, 0.25) is 0 Å². The molecule has 0 spiro atoms. The van der Waals surface area contributed by atoms with E-state index in [9.17, 15) is 0 Å². The van der Waals surface area contributed by atoms with Crippen LogP contribution in [0.5, 0.6) is 0 Å². The molecule has 2 nitrogen and oxygen atoms in total. The fourth-order valence-corrected chi connectivity index (χ4v) is 2.26. The van der Waals surface area contributed by atoms with Crippen molar-refractivity contribution in [3.8, 4) is 0 Å². The Bertz CT molecular complexity index is 62.0. The van der Waals surface area contributed by atoms with Gasteiger partial charge in [0.25, 0.3) is 0 Å². The molecule has 1 rings (SSSR count). The molecule has 39 valence electrons. The molecule has 1 fully saturated rings. The number of hydrogen-bond donors (Lipinski definition) is 0. The van der Waals surface area contributed by atoms with Crippen LogP contribution >= 0.6 is 0 Å². The van der Waals surface area contributed by atoms with Gasteiger partial charge in [0.15, 0.2) is 0 Å². The van der Waals surface area contributed by atoms with E-state index in [0.29, 0.717) is 0 Å². The summed E-state index contributed by atoms with van der Waals surface area (Å²) in [5.41, 5.74) is 0. The van der Waals surface area contributed by atoms with Gasteiger partial charge < -0.3 is 0 Å². The molecule has 1 heterocycles. The molecule has 1 aliphatic heterocycles. The Kier molecular flexibility index (Phi) is 2.40. The Morgan fingerprint density at radius 2 is 2.14 bits per heavy atom. The summed E-state index contributed by atoms with van der Waals surface area (Å²) in [6.45, 7) is 3.63. The molecule has 0 atom stereocenters. The molecule has 0 aromatic rings. The van der Waals surface area contributed by atoms with E-state index in [1.54, 1.807) is 20.1 Å². The van der Waals surface area contributed by atoms with Crippen LogP contribution in [0, 0.1) is 0 Å². The Morgan fingerprint density at radius 1 is 1.43 bits per heavy atom. The van der Waals surface area contributed by atoms with Crippen LogP contribution in [0.15, 0.2) is 0 Å². The van der Waals surface area contributed by atoms with Gasteiger partial charge in [0, 0.05) is 0 Å². The van der Waals surface area contributed by atoms with Crippen molar-refractivity contribution in [3.05, 3.63) is 0 Å². The second-order valence-corrected chi connectivity index (χ2v) is 4.32. The molecule has 0 N–H and O–H groups in total. The standard InChI is InChI=1S/C3H6N2.V.W/c1-2-5-3-4-1;;/h1-3H2;;/q-2;2*+1. The van der Waals surface area contributed by atoms with Crippen molar-refractivity contribution in [1.82, 2.24) is 7.21 Å². The van der Waals surface area contributed by atoms with E-state index in [2.05, 4.69) is 24.9 Å². The third kappa shape index (κ3) is 1.87. The summed E-state index contributed by atoms with van der Waals surface area (Å²) in [5, 5.41) is 0. The van der Waals surface area contributed by atoms with Gasteiger partial charge in [0.1, 0.15) is 0 Å². The van der Waals surface area contributed by atoms with E-state index in [1.165, 1.54) is 13.1 Å². The van der Waals surface area contributed by atoms with Gasteiger partial charge in [-0.15, -0.1) is 0 Å². The maximum atomic E-state index is 2.56. The summed E-state index contributed by atoms with van der Waals surface area (Å²) in [7, 11) is 0. The molecule has 0 bridgehead atoms. The molecular formula is C3H6N2VW. The topological polar surface area (TPSA) is 6.48 Å². The van der Waals surface area contributed by atoms with Gasteiger partial charge >= 0.3 is 64.7 Å². The van der Waals surface area contributed by atoms with Gasteiger partial charge in [-0.25, -0.2) is 0 Å². The fraction of sp³-hybridized carbons (Fsp3) is 1.00. The van der Waals surface area contributed by atoms with Gasteiger partial charge in [0.2, 0.25) is 0 Å². The van der Waals surface area contributed by atoms with Crippen molar-refractivity contribution in [2.75, 3.05) is 19.8 Å². The van der Waals surface area contributed by atoms with Crippen molar-refractivity contribution in [1.29, 1.82) is 0 Å². The van der Waals surface area contributed by atoms with Crippen molar-refractivity contribution < 1.29 is 37.7 Å². The average molecular weight is 305 g/mol. The molecule has 0 aromatic carbocycles. The zero-order chi connectivity index (χ0) is 5.28. The van der Waals surface area contributed by atoms with Gasteiger partial charge in [-0.1, -0.05) is 0 Å². The van der Waals surface area contributed by atoms with Crippen LogP contribution in [0.1, 0.15) is 0 Å². The number of hydrogen-bond acceptors (Lipinski definition) is 2. The summed E-state index contributed by atoms with van der Waals surface area (Å²) in [6, 6.07) is 0. The van der Waals surface area contributed by atoms with Crippen molar-refractivity contribution in [2.24, 2.45) is 0 Å². The first-order chi connectivity index (χ1) is 3.29. The van der Waals surface area contributed by atoms with Crippen LogP contribution in [0.4, 0.5) is 0 Å². The summed E-state index contributed by atoms with van der Waals surface area (Å²) >= 11 is 4.15. The van der Waals surface area contributed by atoms with Crippen LogP contribution < -0.4 is 0 Å². The normalized spacial score (nSPS) is 26.3.